The maximum Gasteiger partial charge on any atom is 0.223 e. The number of anilines is 1. The van der Waals surface area contributed by atoms with Crippen molar-refractivity contribution < 1.29 is 9.59 Å². The summed E-state index contributed by atoms with van der Waals surface area (Å²) in [5.41, 5.74) is 2.00. The van der Waals surface area contributed by atoms with Gasteiger partial charge >= 0.3 is 0 Å². The van der Waals surface area contributed by atoms with Gasteiger partial charge in [0.1, 0.15) is 0 Å². The number of aromatic nitrogens is 1. The lowest BCUT2D eigenvalue weighted by Gasteiger charge is -1.95. The lowest BCUT2D eigenvalue weighted by molar-refractivity contribution is -0.114. The monoisotopic (exact) mass is 294 g/mol. The Hall–Kier alpha value is -1.53. The van der Waals surface area contributed by atoms with E-state index in [9.17, 15) is 9.59 Å². The van der Waals surface area contributed by atoms with E-state index in [0.717, 1.165) is 35.3 Å². The number of thiophene rings is 1. The lowest BCUT2D eigenvalue weighted by Crippen LogP contribution is -2.05. The molecule has 0 aliphatic heterocycles. The van der Waals surface area contributed by atoms with Crippen LogP contribution >= 0.6 is 22.7 Å². The van der Waals surface area contributed by atoms with E-state index in [1.54, 1.807) is 0 Å². The van der Waals surface area contributed by atoms with Crippen molar-refractivity contribution in [3.05, 3.63) is 32.5 Å². The Morgan fingerprint density at radius 2 is 2.26 bits per heavy atom. The van der Waals surface area contributed by atoms with Crippen LogP contribution in [0.2, 0.25) is 0 Å². The lowest BCUT2D eigenvalue weighted by atomic mass is 10.2. The van der Waals surface area contributed by atoms with Gasteiger partial charge in [-0.1, -0.05) is 0 Å². The van der Waals surface area contributed by atoms with Gasteiger partial charge in [-0.3, -0.25) is 9.59 Å². The quantitative estimate of drug-likeness (QED) is 0.862. The zero-order valence-corrected chi connectivity index (χ0v) is 12.4. The molecule has 0 radical (unpaired) electrons. The fraction of sp³-hybridized carbons (Fsp3) is 0.308. The number of rotatable bonds is 5. The van der Waals surface area contributed by atoms with Crippen LogP contribution in [0.25, 0.3) is 0 Å². The van der Waals surface area contributed by atoms with Crippen LogP contribution in [0, 0.1) is 6.92 Å². The van der Waals surface area contributed by atoms with Crippen LogP contribution in [0.3, 0.4) is 0 Å². The SMILES string of the molecule is CC(=O)Nc1nc(CCc2cc(C)c(C=O)s2)cs1. The molecule has 0 unspecified atom stereocenters. The van der Waals surface area contributed by atoms with E-state index in [1.807, 2.05) is 12.3 Å². The highest BCUT2D eigenvalue weighted by Crippen LogP contribution is 2.22. The third-order valence-corrected chi connectivity index (χ3v) is 4.61. The van der Waals surface area contributed by atoms with Gasteiger partial charge in [0.25, 0.3) is 0 Å². The minimum Gasteiger partial charge on any atom is -0.302 e. The minimum atomic E-state index is -0.106. The maximum absolute atomic E-state index is 10.9. The van der Waals surface area contributed by atoms with Crippen molar-refractivity contribution in [1.29, 1.82) is 0 Å². The Morgan fingerprint density at radius 3 is 2.89 bits per heavy atom. The molecule has 0 bridgehead atoms. The molecule has 0 aliphatic rings. The number of nitrogens with zero attached hydrogens (tertiary/aromatic N) is 1. The molecule has 0 saturated carbocycles. The number of carbonyl (C=O) groups excluding carboxylic acids is 2. The van der Waals surface area contributed by atoms with Crippen molar-refractivity contribution in [2.75, 3.05) is 5.32 Å². The zero-order chi connectivity index (χ0) is 13.8. The first kappa shape index (κ1) is 13.9. The van der Waals surface area contributed by atoms with Gasteiger partial charge in [-0.15, -0.1) is 22.7 Å². The second kappa shape index (κ2) is 6.08. The molecule has 2 aromatic heterocycles. The Kier molecular flexibility index (Phi) is 4.44. The number of thiazole rings is 1. The second-order valence-corrected chi connectivity index (χ2v) is 6.23. The van der Waals surface area contributed by atoms with Crippen LogP contribution in [-0.4, -0.2) is 17.2 Å². The van der Waals surface area contributed by atoms with Crippen LogP contribution in [0.4, 0.5) is 5.13 Å². The molecule has 2 aromatic rings. The molecule has 2 heterocycles. The molecule has 0 saturated heterocycles. The molecule has 6 heteroatoms. The molecule has 0 aliphatic carbocycles. The summed E-state index contributed by atoms with van der Waals surface area (Å²) in [6.07, 6.45) is 2.58. The Balaban J connectivity index is 1.96. The molecule has 0 atom stereocenters. The van der Waals surface area contributed by atoms with E-state index in [2.05, 4.69) is 16.4 Å². The molecule has 0 fully saturated rings. The summed E-state index contributed by atoms with van der Waals surface area (Å²) in [5.74, 6) is -0.106. The summed E-state index contributed by atoms with van der Waals surface area (Å²) in [4.78, 5) is 28.0. The van der Waals surface area contributed by atoms with Crippen molar-refractivity contribution >= 4 is 40.0 Å². The molecule has 0 aromatic carbocycles. The van der Waals surface area contributed by atoms with E-state index in [-0.39, 0.29) is 5.91 Å². The number of aryl methyl sites for hydroxylation is 3. The number of nitrogens with one attached hydrogen (secondary N) is 1. The predicted octanol–water partition coefficient (Wildman–Crippen LogP) is 3.07. The van der Waals surface area contributed by atoms with E-state index < -0.39 is 0 Å². The molecule has 1 amide bonds. The van der Waals surface area contributed by atoms with Crippen LogP contribution in [0.15, 0.2) is 11.4 Å². The fourth-order valence-corrected chi connectivity index (χ4v) is 3.47. The summed E-state index contributed by atoms with van der Waals surface area (Å²) in [6, 6.07) is 2.05. The average molecular weight is 294 g/mol. The standard InChI is InChI=1S/C13H14N2O2S2/c1-8-5-11(19-12(8)6-16)4-3-10-7-18-13(15-10)14-9(2)17/h5-7H,3-4H2,1-2H3,(H,14,15,17). The predicted molar refractivity (Wildman–Crippen MR) is 78.3 cm³/mol. The Bertz CT molecular complexity index is 602. The van der Waals surface area contributed by atoms with Gasteiger partial charge in [-0.2, -0.15) is 0 Å². The molecule has 1 N–H and O–H groups in total. The largest absolute Gasteiger partial charge is 0.302 e. The fourth-order valence-electron chi connectivity index (χ4n) is 1.69. The number of carbonyl (C=O) groups is 2. The third-order valence-electron chi connectivity index (χ3n) is 2.58. The van der Waals surface area contributed by atoms with Crippen LogP contribution in [0.5, 0.6) is 0 Å². The van der Waals surface area contributed by atoms with E-state index in [0.29, 0.717) is 5.13 Å². The van der Waals surface area contributed by atoms with Crippen molar-refractivity contribution in [3.8, 4) is 0 Å². The summed E-state index contributed by atoms with van der Waals surface area (Å²) in [5, 5.41) is 5.26. The highest BCUT2D eigenvalue weighted by atomic mass is 32.1. The maximum atomic E-state index is 10.9. The molecule has 2 rings (SSSR count). The van der Waals surface area contributed by atoms with Gasteiger partial charge in [0.15, 0.2) is 11.4 Å². The smallest absolute Gasteiger partial charge is 0.223 e. The molecular weight excluding hydrogens is 280 g/mol. The number of aldehydes is 1. The van der Waals surface area contributed by atoms with E-state index in [1.165, 1.54) is 34.5 Å². The van der Waals surface area contributed by atoms with E-state index in [4.69, 9.17) is 0 Å². The topological polar surface area (TPSA) is 59.1 Å². The molecule has 100 valence electrons. The number of hydrogen-bond donors (Lipinski definition) is 1. The Morgan fingerprint density at radius 1 is 1.47 bits per heavy atom. The van der Waals surface area contributed by atoms with Crippen LogP contribution in [-0.2, 0) is 17.6 Å². The van der Waals surface area contributed by atoms with Gasteiger partial charge < -0.3 is 5.32 Å². The van der Waals surface area contributed by atoms with Gasteiger partial charge in [0.2, 0.25) is 5.91 Å². The van der Waals surface area contributed by atoms with E-state index >= 15 is 0 Å². The highest BCUT2D eigenvalue weighted by Gasteiger charge is 2.07. The summed E-state index contributed by atoms with van der Waals surface area (Å²) in [7, 11) is 0. The minimum absolute atomic E-state index is 0.106. The average Bonchev–Trinajstić information content (AvgIpc) is 2.92. The highest BCUT2D eigenvalue weighted by molar-refractivity contribution is 7.14. The van der Waals surface area contributed by atoms with Gasteiger partial charge in [-0.25, -0.2) is 4.98 Å². The molecule has 4 nitrogen and oxygen atoms in total. The van der Waals surface area contributed by atoms with Crippen molar-refractivity contribution in [2.45, 2.75) is 26.7 Å². The van der Waals surface area contributed by atoms with Gasteiger partial charge in [0.05, 0.1) is 10.6 Å². The first-order valence-electron chi connectivity index (χ1n) is 5.85. The van der Waals surface area contributed by atoms with Crippen molar-refractivity contribution in [1.82, 2.24) is 4.98 Å². The normalized spacial score (nSPS) is 10.4. The van der Waals surface area contributed by atoms with Gasteiger partial charge in [-0.05, 0) is 31.4 Å². The molecule has 0 spiro atoms. The first-order chi connectivity index (χ1) is 9.08. The molecule has 19 heavy (non-hydrogen) atoms. The number of amides is 1. The van der Waals surface area contributed by atoms with Crippen molar-refractivity contribution in [2.24, 2.45) is 0 Å². The summed E-state index contributed by atoms with van der Waals surface area (Å²) >= 11 is 2.96. The van der Waals surface area contributed by atoms with Crippen LogP contribution in [0.1, 0.15) is 32.7 Å². The zero-order valence-electron chi connectivity index (χ0n) is 10.7. The van der Waals surface area contributed by atoms with Crippen LogP contribution < -0.4 is 5.32 Å². The second-order valence-electron chi connectivity index (χ2n) is 4.20. The third kappa shape index (κ3) is 3.71. The first-order valence-corrected chi connectivity index (χ1v) is 7.54. The molecular formula is C13H14N2O2S2. The van der Waals surface area contributed by atoms with Crippen molar-refractivity contribution in [3.63, 3.8) is 0 Å². The number of hydrogen-bond acceptors (Lipinski definition) is 5. The summed E-state index contributed by atoms with van der Waals surface area (Å²) < 4.78 is 0. The summed E-state index contributed by atoms with van der Waals surface area (Å²) in [6.45, 7) is 3.41. The Labute approximate surface area is 119 Å². The van der Waals surface area contributed by atoms with Gasteiger partial charge in [0, 0.05) is 17.2 Å².